The van der Waals surface area contributed by atoms with Gasteiger partial charge < -0.3 is 19.9 Å². The summed E-state index contributed by atoms with van der Waals surface area (Å²) in [7, 11) is 4.02. The molecule has 1 aromatic heterocycles. The topological polar surface area (TPSA) is 77.4 Å². The van der Waals surface area contributed by atoms with Gasteiger partial charge in [-0.25, -0.2) is 0 Å². The molecule has 0 aromatic carbocycles. The predicted molar refractivity (Wildman–Crippen MR) is 57.9 cm³/mol. The van der Waals surface area contributed by atoms with Gasteiger partial charge in [-0.15, -0.1) is 0 Å². The van der Waals surface area contributed by atoms with Crippen molar-refractivity contribution in [1.29, 1.82) is 0 Å². The number of rotatable bonds is 4. The summed E-state index contributed by atoms with van der Waals surface area (Å²) in [5, 5.41) is 3.93. The van der Waals surface area contributed by atoms with E-state index in [0.29, 0.717) is 24.9 Å². The van der Waals surface area contributed by atoms with Gasteiger partial charge in [0.1, 0.15) is 5.54 Å². The van der Waals surface area contributed by atoms with E-state index in [9.17, 15) is 0 Å². The van der Waals surface area contributed by atoms with E-state index < -0.39 is 5.54 Å². The van der Waals surface area contributed by atoms with Crippen LogP contribution in [0.25, 0.3) is 0 Å². The molecule has 16 heavy (non-hydrogen) atoms. The highest BCUT2D eigenvalue weighted by atomic mass is 16.5. The van der Waals surface area contributed by atoms with Gasteiger partial charge >= 0.3 is 0 Å². The van der Waals surface area contributed by atoms with Gasteiger partial charge in [-0.05, 0) is 20.5 Å². The number of ether oxygens (including phenoxy) is 1. The van der Waals surface area contributed by atoms with Crippen LogP contribution in [0, 0.1) is 0 Å². The third kappa shape index (κ3) is 2.40. The van der Waals surface area contributed by atoms with Crippen molar-refractivity contribution in [1.82, 2.24) is 15.0 Å². The Hall–Kier alpha value is -0.980. The molecular formula is C10H18N4O2. The van der Waals surface area contributed by atoms with Gasteiger partial charge in [0.25, 0.3) is 0 Å². The fraction of sp³-hybridized carbons (Fsp3) is 0.800. The summed E-state index contributed by atoms with van der Waals surface area (Å²) in [6.45, 7) is 2.02. The van der Waals surface area contributed by atoms with E-state index in [-0.39, 0.29) is 0 Å². The molecule has 1 saturated heterocycles. The van der Waals surface area contributed by atoms with Crippen molar-refractivity contribution in [3.05, 3.63) is 11.7 Å². The molecule has 1 atom stereocenters. The zero-order valence-corrected chi connectivity index (χ0v) is 9.77. The Balaban J connectivity index is 2.01. The second kappa shape index (κ2) is 4.48. The standard InChI is InChI=1S/C10H18N4O2/c1-14(2)5-3-8-12-9(16-13-8)10(11)4-6-15-7-10/h3-7,11H2,1-2H3. The van der Waals surface area contributed by atoms with Crippen LogP contribution in [0.5, 0.6) is 0 Å². The average Bonchev–Trinajstić information content (AvgIpc) is 2.84. The first-order chi connectivity index (χ1) is 7.60. The SMILES string of the molecule is CN(C)CCc1noc(C2(N)CCOC2)n1. The maximum atomic E-state index is 6.12. The molecule has 0 saturated carbocycles. The van der Waals surface area contributed by atoms with Crippen LogP contribution >= 0.6 is 0 Å². The molecule has 2 heterocycles. The molecule has 6 nitrogen and oxygen atoms in total. The summed E-state index contributed by atoms with van der Waals surface area (Å²) in [6, 6.07) is 0. The monoisotopic (exact) mass is 226 g/mol. The third-order valence-electron chi connectivity index (χ3n) is 2.73. The lowest BCUT2D eigenvalue weighted by Crippen LogP contribution is -2.37. The lowest BCUT2D eigenvalue weighted by Gasteiger charge is -2.15. The van der Waals surface area contributed by atoms with Gasteiger partial charge in [0.05, 0.1) is 6.61 Å². The molecule has 2 N–H and O–H groups in total. The minimum atomic E-state index is -0.580. The molecule has 0 bridgehead atoms. The Morgan fingerprint density at radius 2 is 2.31 bits per heavy atom. The highest BCUT2D eigenvalue weighted by Crippen LogP contribution is 2.26. The van der Waals surface area contributed by atoms with E-state index in [2.05, 4.69) is 15.0 Å². The smallest absolute Gasteiger partial charge is 0.249 e. The zero-order valence-electron chi connectivity index (χ0n) is 9.77. The van der Waals surface area contributed by atoms with Crippen LogP contribution in [0.3, 0.4) is 0 Å². The van der Waals surface area contributed by atoms with Crippen LogP contribution in [0.1, 0.15) is 18.1 Å². The molecule has 2 rings (SSSR count). The molecule has 1 aromatic rings. The fourth-order valence-corrected chi connectivity index (χ4v) is 1.63. The summed E-state index contributed by atoms with van der Waals surface area (Å²) in [6.07, 6.45) is 1.51. The number of hydrogen-bond acceptors (Lipinski definition) is 6. The van der Waals surface area contributed by atoms with Crippen LogP contribution in [0.4, 0.5) is 0 Å². The van der Waals surface area contributed by atoms with Crippen LogP contribution in [-0.2, 0) is 16.7 Å². The Morgan fingerprint density at radius 3 is 2.94 bits per heavy atom. The van der Waals surface area contributed by atoms with Crippen molar-refractivity contribution >= 4 is 0 Å². The lowest BCUT2D eigenvalue weighted by atomic mass is 10.0. The van der Waals surface area contributed by atoms with E-state index in [1.54, 1.807) is 0 Å². The second-order valence-corrected chi connectivity index (χ2v) is 4.53. The highest BCUT2D eigenvalue weighted by molar-refractivity contribution is 5.04. The summed E-state index contributed by atoms with van der Waals surface area (Å²) < 4.78 is 10.5. The first kappa shape index (κ1) is 11.5. The Labute approximate surface area is 94.7 Å². The summed E-state index contributed by atoms with van der Waals surface area (Å²) in [5.74, 6) is 1.21. The summed E-state index contributed by atoms with van der Waals surface area (Å²) in [5.41, 5.74) is 5.54. The number of nitrogens with two attached hydrogens (primary N) is 1. The second-order valence-electron chi connectivity index (χ2n) is 4.53. The van der Waals surface area contributed by atoms with E-state index in [4.69, 9.17) is 15.0 Å². The fourth-order valence-electron chi connectivity index (χ4n) is 1.63. The van der Waals surface area contributed by atoms with Gasteiger partial charge in [0.15, 0.2) is 5.82 Å². The molecule has 90 valence electrons. The van der Waals surface area contributed by atoms with Crippen molar-refractivity contribution in [2.45, 2.75) is 18.4 Å². The van der Waals surface area contributed by atoms with Gasteiger partial charge in [-0.3, -0.25) is 0 Å². The van der Waals surface area contributed by atoms with Crippen molar-refractivity contribution in [3.63, 3.8) is 0 Å². The molecule has 0 aliphatic carbocycles. The molecule has 1 fully saturated rings. The molecular weight excluding hydrogens is 208 g/mol. The highest BCUT2D eigenvalue weighted by Gasteiger charge is 2.37. The van der Waals surface area contributed by atoms with Gasteiger partial charge in [0.2, 0.25) is 5.89 Å². The number of nitrogens with zero attached hydrogens (tertiary/aromatic N) is 3. The van der Waals surface area contributed by atoms with Crippen LogP contribution in [0.2, 0.25) is 0 Å². The molecule has 6 heteroatoms. The van der Waals surface area contributed by atoms with E-state index in [1.165, 1.54) is 0 Å². The molecule has 1 aliphatic heterocycles. The van der Waals surface area contributed by atoms with Crippen molar-refractivity contribution in [2.24, 2.45) is 5.73 Å². The van der Waals surface area contributed by atoms with Crippen molar-refractivity contribution < 1.29 is 9.26 Å². The van der Waals surface area contributed by atoms with E-state index in [1.807, 2.05) is 14.1 Å². The van der Waals surface area contributed by atoms with E-state index >= 15 is 0 Å². The number of aromatic nitrogens is 2. The normalized spacial score (nSPS) is 25.5. The lowest BCUT2D eigenvalue weighted by molar-refractivity contribution is 0.166. The van der Waals surface area contributed by atoms with Gasteiger partial charge in [-0.1, -0.05) is 5.16 Å². The first-order valence-electron chi connectivity index (χ1n) is 5.44. The minimum Gasteiger partial charge on any atom is -0.379 e. The minimum absolute atomic E-state index is 0.461. The largest absolute Gasteiger partial charge is 0.379 e. The number of likely N-dealkylation sites (N-methyl/N-ethyl adjacent to an activating group) is 1. The van der Waals surface area contributed by atoms with Crippen LogP contribution < -0.4 is 5.73 Å². The molecule has 0 amide bonds. The maximum Gasteiger partial charge on any atom is 0.249 e. The Bertz CT molecular complexity index is 344. The van der Waals surface area contributed by atoms with Crippen molar-refractivity contribution in [2.75, 3.05) is 33.9 Å². The summed E-state index contributed by atoms with van der Waals surface area (Å²) in [4.78, 5) is 6.40. The molecule has 0 radical (unpaired) electrons. The number of hydrogen-bond donors (Lipinski definition) is 1. The van der Waals surface area contributed by atoms with Crippen molar-refractivity contribution in [3.8, 4) is 0 Å². The molecule has 1 aliphatic rings. The van der Waals surface area contributed by atoms with E-state index in [0.717, 1.165) is 19.4 Å². The molecule has 0 spiro atoms. The molecule has 1 unspecified atom stereocenters. The Kier molecular flexibility index (Phi) is 3.22. The van der Waals surface area contributed by atoms with Crippen LogP contribution in [-0.4, -0.2) is 48.9 Å². The average molecular weight is 226 g/mol. The first-order valence-corrected chi connectivity index (χ1v) is 5.44. The van der Waals surface area contributed by atoms with Crippen LogP contribution in [0.15, 0.2) is 4.52 Å². The predicted octanol–water partition coefficient (Wildman–Crippen LogP) is -0.252. The summed E-state index contributed by atoms with van der Waals surface area (Å²) >= 11 is 0. The van der Waals surface area contributed by atoms with Gasteiger partial charge in [0, 0.05) is 19.6 Å². The van der Waals surface area contributed by atoms with Gasteiger partial charge in [-0.2, -0.15) is 4.98 Å². The Morgan fingerprint density at radius 1 is 1.50 bits per heavy atom. The maximum absolute atomic E-state index is 6.12. The third-order valence-corrected chi connectivity index (χ3v) is 2.73. The quantitative estimate of drug-likeness (QED) is 0.762. The zero-order chi connectivity index (χ0) is 11.6.